The average Bonchev–Trinajstić information content (AvgIpc) is 3.23. The Morgan fingerprint density at radius 1 is 1.11 bits per heavy atom. The van der Waals surface area contributed by atoms with Crippen molar-refractivity contribution in [1.29, 1.82) is 0 Å². The lowest BCUT2D eigenvalue weighted by Crippen LogP contribution is -2.16. The van der Waals surface area contributed by atoms with Gasteiger partial charge in [0.05, 0.1) is 0 Å². The molecule has 3 rings (SSSR count). The maximum Gasteiger partial charge on any atom is 0.105 e. The Kier molecular flexibility index (Phi) is 3.62. The van der Waals surface area contributed by atoms with Crippen molar-refractivity contribution in [1.82, 2.24) is 10.3 Å². The lowest BCUT2D eigenvalue weighted by atomic mass is 10.3. The molecular formula is C15H16N2S. The van der Waals surface area contributed by atoms with Crippen molar-refractivity contribution < 1.29 is 0 Å². The van der Waals surface area contributed by atoms with Crippen molar-refractivity contribution in [2.75, 3.05) is 0 Å². The smallest absolute Gasteiger partial charge is 0.105 e. The van der Waals surface area contributed by atoms with Crippen LogP contribution < -0.4 is 5.32 Å². The fraction of sp³-hybridized carbons (Fsp3) is 0.267. The Hall–Kier alpha value is -1.32. The van der Waals surface area contributed by atoms with E-state index in [4.69, 9.17) is 0 Å². The van der Waals surface area contributed by atoms with E-state index in [1.165, 1.54) is 23.3 Å². The molecule has 2 nitrogen and oxygen atoms in total. The SMILES string of the molecule is c1ccc(Sc2ncccc2CNC2CC2)cc1. The normalized spacial score (nSPS) is 14.7. The van der Waals surface area contributed by atoms with E-state index in [1.807, 2.05) is 18.3 Å². The number of pyridine rings is 1. The van der Waals surface area contributed by atoms with Crippen LogP contribution in [0, 0.1) is 0 Å². The summed E-state index contributed by atoms with van der Waals surface area (Å²) in [6.07, 6.45) is 4.51. The Balaban J connectivity index is 1.73. The predicted octanol–water partition coefficient (Wildman–Crippen LogP) is 3.48. The fourth-order valence-electron chi connectivity index (χ4n) is 1.79. The van der Waals surface area contributed by atoms with Gasteiger partial charge in [-0.15, -0.1) is 0 Å². The maximum absolute atomic E-state index is 4.50. The van der Waals surface area contributed by atoms with E-state index in [9.17, 15) is 0 Å². The first kappa shape index (κ1) is 11.8. The number of nitrogens with one attached hydrogen (secondary N) is 1. The summed E-state index contributed by atoms with van der Waals surface area (Å²) < 4.78 is 0. The van der Waals surface area contributed by atoms with Crippen LogP contribution in [0.25, 0.3) is 0 Å². The highest BCUT2D eigenvalue weighted by molar-refractivity contribution is 7.99. The molecule has 0 aliphatic heterocycles. The third kappa shape index (κ3) is 3.12. The fourth-order valence-corrected chi connectivity index (χ4v) is 2.69. The van der Waals surface area contributed by atoms with Crippen LogP contribution in [0.15, 0.2) is 58.6 Å². The molecule has 1 aromatic heterocycles. The predicted molar refractivity (Wildman–Crippen MR) is 74.7 cm³/mol. The van der Waals surface area contributed by atoms with Gasteiger partial charge in [-0.1, -0.05) is 36.0 Å². The Bertz CT molecular complexity index is 509. The number of benzene rings is 1. The van der Waals surface area contributed by atoms with Gasteiger partial charge in [-0.25, -0.2) is 4.98 Å². The Morgan fingerprint density at radius 2 is 1.94 bits per heavy atom. The zero-order chi connectivity index (χ0) is 12.2. The number of aromatic nitrogens is 1. The van der Waals surface area contributed by atoms with Crippen LogP contribution >= 0.6 is 11.8 Å². The first-order valence-corrected chi connectivity index (χ1v) is 7.13. The molecule has 3 heteroatoms. The number of nitrogens with zero attached hydrogens (tertiary/aromatic N) is 1. The van der Waals surface area contributed by atoms with Crippen LogP contribution in [0.1, 0.15) is 18.4 Å². The van der Waals surface area contributed by atoms with Gasteiger partial charge in [-0.3, -0.25) is 0 Å². The molecule has 0 spiro atoms. The van der Waals surface area contributed by atoms with Gasteiger partial charge in [0.2, 0.25) is 0 Å². The van der Waals surface area contributed by atoms with E-state index in [1.54, 1.807) is 11.8 Å². The summed E-state index contributed by atoms with van der Waals surface area (Å²) in [5.41, 5.74) is 1.29. The molecule has 1 aliphatic rings. The zero-order valence-electron chi connectivity index (χ0n) is 10.2. The lowest BCUT2D eigenvalue weighted by Gasteiger charge is -2.08. The molecular weight excluding hydrogens is 240 g/mol. The van der Waals surface area contributed by atoms with Gasteiger partial charge in [0.1, 0.15) is 5.03 Å². The van der Waals surface area contributed by atoms with Crippen molar-refractivity contribution in [3.8, 4) is 0 Å². The maximum atomic E-state index is 4.50. The summed E-state index contributed by atoms with van der Waals surface area (Å²) in [6.45, 7) is 0.924. The van der Waals surface area contributed by atoms with Gasteiger partial charge in [-0.2, -0.15) is 0 Å². The molecule has 0 radical (unpaired) electrons. The number of hydrogen-bond donors (Lipinski definition) is 1. The third-order valence-electron chi connectivity index (χ3n) is 2.97. The molecule has 0 bridgehead atoms. The summed E-state index contributed by atoms with van der Waals surface area (Å²) >= 11 is 1.74. The molecule has 1 saturated carbocycles. The van der Waals surface area contributed by atoms with E-state index in [0.29, 0.717) is 0 Å². The molecule has 0 amide bonds. The summed E-state index contributed by atoms with van der Waals surface area (Å²) in [6, 6.07) is 15.3. The molecule has 1 N–H and O–H groups in total. The second kappa shape index (κ2) is 5.55. The zero-order valence-corrected chi connectivity index (χ0v) is 11.0. The van der Waals surface area contributed by atoms with E-state index in [2.05, 4.69) is 40.6 Å². The Labute approximate surface area is 112 Å². The largest absolute Gasteiger partial charge is 0.310 e. The number of rotatable bonds is 5. The molecule has 92 valence electrons. The second-order valence-electron chi connectivity index (χ2n) is 4.54. The molecule has 1 heterocycles. The van der Waals surface area contributed by atoms with Crippen LogP contribution in [0.4, 0.5) is 0 Å². The van der Waals surface area contributed by atoms with E-state index in [-0.39, 0.29) is 0 Å². The summed E-state index contributed by atoms with van der Waals surface area (Å²) in [5.74, 6) is 0. The highest BCUT2D eigenvalue weighted by atomic mass is 32.2. The minimum Gasteiger partial charge on any atom is -0.310 e. The summed E-state index contributed by atoms with van der Waals surface area (Å²) in [4.78, 5) is 5.73. The molecule has 18 heavy (non-hydrogen) atoms. The van der Waals surface area contributed by atoms with Gasteiger partial charge in [0.15, 0.2) is 0 Å². The average molecular weight is 256 g/mol. The highest BCUT2D eigenvalue weighted by Crippen LogP contribution is 2.28. The summed E-state index contributed by atoms with van der Waals surface area (Å²) in [5, 5.41) is 4.65. The Morgan fingerprint density at radius 3 is 2.72 bits per heavy atom. The lowest BCUT2D eigenvalue weighted by molar-refractivity contribution is 0.675. The van der Waals surface area contributed by atoms with E-state index < -0.39 is 0 Å². The molecule has 2 aromatic rings. The molecule has 1 aliphatic carbocycles. The van der Waals surface area contributed by atoms with Crippen molar-refractivity contribution >= 4 is 11.8 Å². The topological polar surface area (TPSA) is 24.9 Å². The van der Waals surface area contributed by atoms with Gasteiger partial charge >= 0.3 is 0 Å². The molecule has 1 aromatic carbocycles. The van der Waals surface area contributed by atoms with Crippen LogP contribution in [-0.2, 0) is 6.54 Å². The minimum atomic E-state index is 0.736. The van der Waals surface area contributed by atoms with Crippen LogP contribution in [0.3, 0.4) is 0 Å². The van der Waals surface area contributed by atoms with Crippen molar-refractivity contribution in [3.63, 3.8) is 0 Å². The van der Waals surface area contributed by atoms with E-state index in [0.717, 1.165) is 17.6 Å². The first-order chi connectivity index (χ1) is 8.92. The summed E-state index contributed by atoms with van der Waals surface area (Å²) in [7, 11) is 0. The van der Waals surface area contributed by atoms with E-state index >= 15 is 0 Å². The second-order valence-corrected chi connectivity index (χ2v) is 5.60. The first-order valence-electron chi connectivity index (χ1n) is 6.32. The molecule has 0 atom stereocenters. The standard InChI is InChI=1S/C15H16N2S/c1-2-6-14(7-3-1)18-15-12(5-4-10-16-15)11-17-13-8-9-13/h1-7,10,13,17H,8-9,11H2. The van der Waals surface area contributed by atoms with Crippen molar-refractivity contribution in [2.24, 2.45) is 0 Å². The monoisotopic (exact) mass is 256 g/mol. The van der Waals surface area contributed by atoms with Gasteiger partial charge in [-0.05, 0) is 36.6 Å². The number of hydrogen-bond acceptors (Lipinski definition) is 3. The van der Waals surface area contributed by atoms with Gasteiger partial charge in [0, 0.05) is 23.7 Å². The quantitative estimate of drug-likeness (QED) is 0.886. The van der Waals surface area contributed by atoms with Gasteiger partial charge < -0.3 is 5.32 Å². The van der Waals surface area contributed by atoms with Crippen molar-refractivity contribution in [2.45, 2.75) is 35.3 Å². The third-order valence-corrected chi connectivity index (χ3v) is 4.04. The van der Waals surface area contributed by atoms with Crippen LogP contribution in [0.2, 0.25) is 0 Å². The molecule has 0 unspecified atom stereocenters. The molecule has 1 fully saturated rings. The highest BCUT2D eigenvalue weighted by Gasteiger charge is 2.20. The van der Waals surface area contributed by atoms with Gasteiger partial charge in [0.25, 0.3) is 0 Å². The molecule has 0 saturated heterocycles. The van der Waals surface area contributed by atoms with Crippen LogP contribution in [0.5, 0.6) is 0 Å². The van der Waals surface area contributed by atoms with Crippen LogP contribution in [-0.4, -0.2) is 11.0 Å². The minimum absolute atomic E-state index is 0.736. The van der Waals surface area contributed by atoms with Crippen molar-refractivity contribution in [3.05, 3.63) is 54.2 Å².